The highest BCUT2D eigenvalue weighted by molar-refractivity contribution is 6.30. The maximum absolute atomic E-state index is 12.0. The van der Waals surface area contributed by atoms with Crippen LogP contribution in [0.4, 0.5) is 0 Å². The molecule has 98 valence electrons. The van der Waals surface area contributed by atoms with E-state index in [-0.39, 0.29) is 0 Å². The summed E-state index contributed by atoms with van der Waals surface area (Å²) in [6.45, 7) is 0. The van der Waals surface area contributed by atoms with Crippen LogP contribution in [0.15, 0.2) is 66.7 Å². The van der Waals surface area contributed by atoms with Crippen molar-refractivity contribution in [3.63, 3.8) is 0 Å². The molecule has 0 spiro atoms. The van der Waals surface area contributed by atoms with Crippen molar-refractivity contribution in [2.24, 2.45) is 0 Å². The summed E-state index contributed by atoms with van der Waals surface area (Å²) in [6.07, 6.45) is 0. The second-order valence-electron chi connectivity index (χ2n) is 4.41. The normalized spacial score (nSPS) is 10.4. The first-order valence-electron chi connectivity index (χ1n) is 6.19. The van der Waals surface area contributed by atoms with Gasteiger partial charge in [0.15, 0.2) is 0 Å². The first-order valence-corrected chi connectivity index (χ1v) is 6.57. The lowest BCUT2D eigenvalue weighted by Crippen LogP contribution is -2.08. The van der Waals surface area contributed by atoms with Gasteiger partial charge >= 0.3 is 5.97 Å². The number of carbonyl (C=O) groups is 1. The number of hydrogen-bond acceptors (Lipinski definition) is 2. The van der Waals surface area contributed by atoms with Crippen LogP contribution in [0.25, 0.3) is 10.8 Å². The average Bonchev–Trinajstić information content (AvgIpc) is 2.48. The van der Waals surface area contributed by atoms with Crippen LogP contribution >= 0.6 is 11.6 Å². The number of rotatable bonds is 2. The molecule has 0 fully saturated rings. The smallest absolute Gasteiger partial charge is 0.343 e. The highest BCUT2D eigenvalue weighted by atomic mass is 35.5. The number of benzene rings is 3. The molecule has 0 aliphatic rings. The molecule has 0 atom stereocenters. The van der Waals surface area contributed by atoms with Crippen molar-refractivity contribution >= 4 is 28.3 Å². The van der Waals surface area contributed by atoms with Crippen LogP contribution in [0.5, 0.6) is 5.75 Å². The van der Waals surface area contributed by atoms with E-state index in [0.29, 0.717) is 16.3 Å². The summed E-state index contributed by atoms with van der Waals surface area (Å²) >= 11 is 5.79. The van der Waals surface area contributed by atoms with Gasteiger partial charge < -0.3 is 4.74 Å². The van der Waals surface area contributed by atoms with E-state index < -0.39 is 5.97 Å². The number of fused-ring (bicyclic) bond motifs is 1. The van der Waals surface area contributed by atoms with Crippen molar-refractivity contribution in [3.8, 4) is 5.75 Å². The van der Waals surface area contributed by atoms with Gasteiger partial charge in [-0.1, -0.05) is 41.9 Å². The van der Waals surface area contributed by atoms with Gasteiger partial charge in [-0.05, 0) is 47.2 Å². The minimum atomic E-state index is -0.392. The molecule has 0 radical (unpaired) electrons. The Kier molecular flexibility index (Phi) is 3.40. The molecule has 0 amide bonds. The largest absolute Gasteiger partial charge is 0.423 e. The highest BCUT2D eigenvalue weighted by Gasteiger charge is 2.08. The quantitative estimate of drug-likeness (QED) is 0.502. The molecule has 3 heteroatoms. The van der Waals surface area contributed by atoms with Gasteiger partial charge in [0.2, 0.25) is 0 Å². The maximum atomic E-state index is 12.0. The van der Waals surface area contributed by atoms with Gasteiger partial charge in [0.05, 0.1) is 5.56 Å². The van der Waals surface area contributed by atoms with Crippen LogP contribution in [0.1, 0.15) is 10.4 Å². The zero-order valence-electron chi connectivity index (χ0n) is 10.5. The summed E-state index contributed by atoms with van der Waals surface area (Å²) < 4.78 is 5.37. The average molecular weight is 283 g/mol. The van der Waals surface area contributed by atoms with Crippen molar-refractivity contribution in [3.05, 3.63) is 77.3 Å². The van der Waals surface area contributed by atoms with E-state index in [4.69, 9.17) is 16.3 Å². The Labute approximate surface area is 121 Å². The summed E-state index contributed by atoms with van der Waals surface area (Å²) in [6, 6.07) is 20.1. The molecule has 0 saturated heterocycles. The Morgan fingerprint density at radius 2 is 1.55 bits per heavy atom. The molecule has 2 nitrogen and oxygen atoms in total. The molecular weight excluding hydrogens is 272 g/mol. The zero-order chi connectivity index (χ0) is 13.9. The van der Waals surface area contributed by atoms with E-state index in [2.05, 4.69) is 0 Å². The highest BCUT2D eigenvalue weighted by Crippen LogP contribution is 2.21. The number of carbonyl (C=O) groups excluding carboxylic acids is 1. The first kappa shape index (κ1) is 12.7. The van der Waals surface area contributed by atoms with E-state index in [0.717, 1.165) is 10.8 Å². The molecule has 0 bridgehead atoms. The molecule has 0 aliphatic carbocycles. The molecule has 3 aromatic carbocycles. The van der Waals surface area contributed by atoms with Crippen molar-refractivity contribution in [1.82, 2.24) is 0 Å². The van der Waals surface area contributed by atoms with E-state index in [1.807, 2.05) is 36.4 Å². The van der Waals surface area contributed by atoms with Crippen molar-refractivity contribution < 1.29 is 9.53 Å². The minimum absolute atomic E-state index is 0.392. The molecule has 3 rings (SSSR count). The Morgan fingerprint density at radius 1 is 0.850 bits per heavy atom. The Morgan fingerprint density at radius 3 is 2.30 bits per heavy atom. The van der Waals surface area contributed by atoms with Crippen LogP contribution in [-0.4, -0.2) is 5.97 Å². The molecule has 0 heterocycles. The van der Waals surface area contributed by atoms with Gasteiger partial charge in [0.1, 0.15) is 5.75 Å². The van der Waals surface area contributed by atoms with Gasteiger partial charge in [-0.3, -0.25) is 0 Å². The van der Waals surface area contributed by atoms with Crippen LogP contribution in [-0.2, 0) is 0 Å². The predicted octanol–water partition coefficient (Wildman–Crippen LogP) is 4.71. The van der Waals surface area contributed by atoms with Crippen molar-refractivity contribution in [1.29, 1.82) is 0 Å². The third-order valence-corrected chi connectivity index (χ3v) is 3.26. The van der Waals surface area contributed by atoms with E-state index >= 15 is 0 Å². The van der Waals surface area contributed by atoms with Crippen LogP contribution in [0.2, 0.25) is 5.02 Å². The summed E-state index contributed by atoms with van der Waals surface area (Å²) in [5.74, 6) is 0.139. The number of halogens is 1. The summed E-state index contributed by atoms with van der Waals surface area (Å²) in [5.41, 5.74) is 0.475. The maximum Gasteiger partial charge on any atom is 0.343 e. The third-order valence-electron chi connectivity index (χ3n) is 3.01. The molecule has 0 unspecified atom stereocenters. The summed E-state index contributed by atoms with van der Waals surface area (Å²) in [5, 5.41) is 2.74. The topological polar surface area (TPSA) is 26.3 Å². The fourth-order valence-electron chi connectivity index (χ4n) is 1.98. The second kappa shape index (κ2) is 5.35. The third kappa shape index (κ3) is 2.65. The monoisotopic (exact) mass is 282 g/mol. The molecule has 0 N–H and O–H groups in total. The SMILES string of the molecule is O=C(Oc1ccc2ccccc2c1)c1ccc(Cl)cc1. The fourth-order valence-corrected chi connectivity index (χ4v) is 2.11. The molecule has 0 saturated carbocycles. The molecular formula is C17H11ClO2. The van der Waals surface area contributed by atoms with E-state index in [1.54, 1.807) is 30.3 Å². The lowest BCUT2D eigenvalue weighted by molar-refractivity contribution is 0.0735. The number of esters is 1. The minimum Gasteiger partial charge on any atom is -0.423 e. The molecule has 20 heavy (non-hydrogen) atoms. The Bertz CT molecular complexity index is 763. The van der Waals surface area contributed by atoms with Gasteiger partial charge in [-0.2, -0.15) is 0 Å². The molecule has 3 aromatic rings. The second-order valence-corrected chi connectivity index (χ2v) is 4.84. The van der Waals surface area contributed by atoms with Gasteiger partial charge in [0.25, 0.3) is 0 Å². The van der Waals surface area contributed by atoms with E-state index in [9.17, 15) is 4.79 Å². The van der Waals surface area contributed by atoms with Crippen molar-refractivity contribution in [2.75, 3.05) is 0 Å². The lowest BCUT2D eigenvalue weighted by atomic mass is 10.1. The van der Waals surface area contributed by atoms with Gasteiger partial charge in [-0.25, -0.2) is 4.79 Å². The standard InChI is InChI=1S/C17H11ClO2/c18-15-8-5-13(6-9-15)17(19)20-16-10-7-12-3-1-2-4-14(12)11-16/h1-11H. The summed E-state index contributed by atoms with van der Waals surface area (Å²) in [7, 11) is 0. The Hall–Kier alpha value is -2.32. The van der Waals surface area contributed by atoms with E-state index in [1.165, 1.54) is 0 Å². The zero-order valence-corrected chi connectivity index (χ0v) is 11.3. The molecule has 0 aliphatic heterocycles. The Balaban J connectivity index is 1.85. The first-order chi connectivity index (χ1) is 9.72. The van der Waals surface area contributed by atoms with Crippen LogP contribution in [0.3, 0.4) is 0 Å². The number of ether oxygens (including phenoxy) is 1. The van der Waals surface area contributed by atoms with Crippen LogP contribution < -0.4 is 4.74 Å². The fraction of sp³-hybridized carbons (Fsp3) is 0. The predicted molar refractivity (Wildman–Crippen MR) is 80.4 cm³/mol. The van der Waals surface area contributed by atoms with Gasteiger partial charge in [-0.15, -0.1) is 0 Å². The van der Waals surface area contributed by atoms with Gasteiger partial charge in [0, 0.05) is 5.02 Å². The summed E-state index contributed by atoms with van der Waals surface area (Å²) in [4.78, 5) is 12.0. The van der Waals surface area contributed by atoms with Crippen molar-refractivity contribution in [2.45, 2.75) is 0 Å². The molecule has 0 aromatic heterocycles. The lowest BCUT2D eigenvalue weighted by Gasteiger charge is -2.05. The number of hydrogen-bond donors (Lipinski definition) is 0. The van der Waals surface area contributed by atoms with Crippen LogP contribution in [0, 0.1) is 0 Å².